The van der Waals surface area contributed by atoms with Crippen LogP contribution < -0.4 is 0 Å². The van der Waals surface area contributed by atoms with Crippen LogP contribution in [0.15, 0.2) is 59.6 Å². The number of rotatable bonds is 11. The number of hydrogen-bond donors (Lipinski definition) is 1. The molecule has 1 fully saturated rings. The van der Waals surface area contributed by atoms with Crippen molar-refractivity contribution in [2.45, 2.75) is 64.2 Å². The van der Waals surface area contributed by atoms with Crippen LogP contribution in [0.1, 0.15) is 75.3 Å². The van der Waals surface area contributed by atoms with E-state index in [1.165, 1.54) is 62.5 Å². The fourth-order valence-corrected chi connectivity index (χ4v) is 4.60. The number of benzene rings is 2. The van der Waals surface area contributed by atoms with Crippen molar-refractivity contribution in [3.05, 3.63) is 65.7 Å². The van der Waals surface area contributed by atoms with Crippen LogP contribution in [-0.4, -0.2) is 36.0 Å². The molecule has 1 heterocycles. The Labute approximate surface area is 182 Å². The number of phenolic OH excluding ortho intramolecular Hbond substituents is 1. The molecular formula is C27H38N2O. The van der Waals surface area contributed by atoms with Crippen LogP contribution >= 0.6 is 0 Å². The lowest BCUT2D eigenvalue weighted by Gasteiger charge is -2.36. The molecule has 1 aliphatic rings. The van der Waals surface area contributed by atoms with Crippen molar-refractivity contribution in [3.8, 4) is 5.75 Å². The van der Waals surface area contributed by atoms with Crippen molar-refractivity contribution in [1.29, 1.82) is 0 Å². The zero-order valence-electron chi connectivity index (χ0n) is 18.5. The molecular weight excluding hydrogens is 368 g/mol. The van der Waals surface area contributed by atoms with Crippen LogP contribution in [0.25, 0.3) is 0 Å². The molecule has 1 saturated heterocycles. The van der Waals surface area contributed by atoms with E-state index < -0.39 is 0 Å². The van der Waals surface area contributed by atoms with E-state index in [2.05, 4.69) is 65.6 Å². The fraction of sp³-hybridized carbons (Fsp3) is 0.519. The third kappa shape index (κ3) is 6.90. The highest BCUT2D eigenvalue weighted by Gasteiger charge is 2.28. The van der Waals surface area contributed by atoms with Crippen molar-refractivity contribution in [1.82, 2.24) is 4.90 Å². The summed E-state index contributed by atoms with van der Waals surface area (Å²) >= 11 is 0. The highest BCUT2D eigenvalue weighted by Crippen LogP contribution is 2.38. The van der Waals surface area contributed by atoms with E-state index in [4.69, 9.17) is 0 Å². The van der Waals surface area contributed by atoms with Crippen LogP contribution in [0.2, 0.25) is 0 Å². The van der Waals surface area contributed by atoms with Gasteiger partial charge in [0.25, 0.3) is 0 Å². The predicted molar refractivity (Wildman–Crippen MR) is 127 cm³/mol. The molecule has 2 aromatic rings. The first kappa shape index (κ1) is 22.4. The summed E-state index contributed by atoms with van der Waals surface area (Å²) in [6, 6.07) is 18.6. The van der Waals surface area contributed by atoms with Gasteiger partial charge in [-0.1, -0.05) is 81.5 Å². The Hall–Kier alpha value is -2.29. The van der Waals surface area contributed by atoms with Crippen LogP contribution in [0.5, 0.6) is 5.75 Å². The summed E-state index contributed by atoms with van der Waals surface area (Å²) in [5, 5.41) is 9.71. The van der Waals surface area contributed by atoms with E-state index in [0.717, 1.165) is 19.6 Å². The summed E-state index contributed by atoms with van der Waals surface area (Å²) in [6.45, 7) is 5.38. The summed E-state index contributed by atoms with van der Waals surface area (Å²) in [5.74, 6) is 1.33. The van der Waals surface area contributed by atoms with Gasteiger partial charge in [-0.25, -0.2) is 0 Å². The molecule has 0 aliphatic carbocycles. The first-order valence-electron chi connectivity index (χ1n) is 11.9. The fourth-order valence-electron chi connectivity index (χ4n) is 4.60. The van der Waals surface area contributed by atoms with Gasteiger partial charge in [0.1, 0.15) is 5.75 Å². The maximum atomic E-state index is 9.71. The van der Waals surface area contributed by atoms with Gasteiger partial charge in [-0.15, -0.1) is 0 Å². The van der Waals surface area contributed by atoms with Crippen LogP contribution in [-0.2, 0) is 0 Å². The third-order valence-electron chi connectivity index (χ3n) is 6.34. The lowest BCUT2D eigenvalue weighted by Crippen LogP contribution is -2.35. The van der Waals surface area contributed by atoms with Crippen molar-refractivity contribution in [3.63, 3.8) is 0 Å². The van der Waals surface area contributed by atoms with E-state index >= 15 is 0 Å². The number of hydrogen-bond acceptors (Lipinski definition) is 2. The lowest BCUT2D eigenvalue weighted by atomic mass is 9.76. The molecule has 162 valence electrons. The molecule has 0 spiro atoms. The zero-order chi connectivity index (χ0) is 21.0. The molecule has 0 bridgehead atoms. The Morgan fingerprint density at radius 3 is 2.23 bits per heavy atom. The smallest absolute Gasteiger partial charge is 0.115 e. The van der Waals surface area contributed by atoms with Crippen molar-refractivity contribution in [2.24, 2.45) is 10.9 Å². The Morgan fingerprint density at radius 2 is 1.53 bits per heavy atom. The third-order valence-corrected chi connectivity index (χ3v) is 6.34. The molecule has 0 saturated carbocycles. The van der Waals surface area contributed by atoms with Crippen LogP contribution in [0, 0.1) is 5.92 Å². The summed E-state index contributed by atoms with van der Waals surface area (Å²) < 4.78 is 0. The van der Waals surface area contributed by atoms with Crippen molar-refractivity contribution >= 4 is 6.34 Å². The minimum Gasteiger partial charge on any atom is -0.508 e. The van der Waals surface area contributed by atoms with Gasteiger partial charge in [0.2, 0.25) is 0 Å². The first-order valence-corrected chi connectivity index (χ1v) is 11.9. The average Bonchev–Trinajstić information content (AvgIpc) is 2.79. The quantitative estimate of drug-likeness (QED) is 0.258. The Bertz CT molecular complexity index is 733. The number of unbranched alkanes of at least 4 members (excludes halogenated alkanes) is 5. The van der Waals surface area contributed by atoms with E-state index in [-0.39, 0.29) is 0 Å². The number of nitrogens with zero attached hydrogens (tertiary/aromatic N) is 2. The molecule has 0 radical (unpaired) electrons. The molecule has 2 aromatic carbocycles. The summed E-state index contributed by atoms with van der Waals surface area (Å²) in [7, 11) is 0. The monoisotopic (exact) mass is 406 g/mol. The van der Waals surface area contributed by atoms with E-state index in [9.17, 15) is 5.11 Å². The average molecular weight is 407 g/mol. The Balaban J connectivity index is 1.51. The van der Waals surface area contributed by atoms with Gasteiger partial charge < -0.3 is 10.0 Å². The summed E-state index contributed by atoms with van der Waals surface area (Å²) in [4.78, 5) is 7.08. The molecule has 1 unspecified atom stereocenters. The largest absolute Gasteiger partial charge is 0.508 e. The highest BCUT2D eigenvalue weighted by atomic mass is 16.3. The summed E-state index contributed by atoms with van der Waals surface area (Å²) in [5.41, 5.74) is 2.67. The van der Waals surface area contributed by atoms with Gasteiger partial charge in [0.05, 0.1) is 6.34 Å². The van der Waals surface area contributed by atoms with Crippen molar-refractivity contribution < 1.29 is 5.11 Å². The number of phenols is 1. The topological polar surface area (TPSA) is 35.8 Å². The van der Waals surface area contributed by atoms with E-state index in [1.807, 2.05) is 12.1 Å². The SMILES string of the molecule is CCCCCCCCN=CN1CCC(C(c2ccccc2)c2ccc(O)cc2)CC1. The maximum Gasteiger partial charge on any atom is 0.115 e. The minimum absolute atomic E-state index is 0.335. The number of likely N-dealkylation sites (tertiary alicyclic amines) is 1. The number of aromatic hydroxyl groups is 1. The molecule has 1 aliphatic heterocycles. The van der Waals surface area contributed by atoms with Gasteiger partial charge in [-0.3, -0.25) is 4.99 Å². The van der Waals surface area contributed by atoms with Gasteiger partial charge in [0, 0.05) is 25.6 Å². The Morgan fingerprint density at radius 1 is 0.900 bits per heavy atom. The zero-order valence-corrected chi connectivity index (χ0v) is 18.5. The molecule has 3 heteroatoms. The maximum absolute atomic E-state index is 9.71. The van der Waals surface area contributed by atoms with Gasteiger partial charge in [-0.2, -0.15) is 0 Å². The van der Waals surface area contributed by atoms with Gasteiger partial charge >= 0.3 is 0 Å². The van der Waals surface area contributed by atoms with E-state index in [1.54, 1.807) is 0 Å². The van der Waals surface area contributed by atoms with Gasteiger partial charge in [0.15, 0.2) is 0 Å². The standard InChI is InChI=1S/C27H38N2O/c1-2-3-4-5-6-10-19-28-22-29-20-17-25(18-21-29)27(23-11-8-7-9-12-23)24-13-15-26(30)16-14-24/h7-9,11-16,22,25,27,30H,2-6,10,17-21H2,1H3. The normalized spacial score (nSPS) is 16.2. The summed E-state index contributed by atoms with van der Waals surface area (Å²) in [6.07, 6.45) is 12.4. The first-order chi connectivity index (χ1) is 14.8. The molecule has 30 heavy (non-hydrogen) atoms. The molecule has 0 amide bonds. The number of piperidine rings is 1. The van der Waals surface area contributed by atoms with Crippen molar-refractivity contribution in [2.75, 3.05) is 19.6 Å². The second kappa shape index (κ2) is 12.4. The lowest BCUT2D eigenvalue weighted by molar-refractivity contribution is 0.254. The van der Waals surface area contributed by atoms with E-state index in [0.29, 0.717) is 17.6 Å². The molecule has 3 rings (SSSR count). The molecule has 1 N–H and O–H groups in total. The van der Waals surface area contributed by atoms with Crippen LogP contribution in [0.4, 0.5) is 0 Å². The second-order valence-corrected chi connectivity index (χ2v) is 8.64. The second-order valence-electron chi connectivity index (χ2n) is 8.64. The predicted octanol–water partition coefficient (Wildman–Crippen LogP) is 6.62. The molecule has 0 aromatic heterocycles. The van der Waals surface area contributed by atoms with Gasteiger partial charge in [-0.05, 0) is 48.4 Å². The van der Waals surface area contributed by atoms with Crippen LogP contribution in [0.3, 0.4) is 0 Å². The highest BCUT2D eigenvalue weighted by molar-refractivity contribution is 5.55. The molecule has 1 atom stereocenters. The molecule has 3 nitrogen and oxygen atoms in total. The number of aliphatic imine (C=N–C) groups is 1. The Kier molecular flexibility index (Phi) is 9.27. The minimum atomic E-state index is 0.335.